The molecule has 0 aliphatic carbocycles. The normalized spacial score (nSPS) is 12.6. The smallest absolute Gasteiger partial charge is 0.325 e. The van der Waals surface area contributed by atoms with E-state index < -0.39 is 24.0 Å². The van der Waals surface area contributed by atoms with Crippen LogP contribution in [0.2, 0.25) is 0 Å². The highest BCUT2D eigenvalue weighted by Gasteiger charge is 2.15. The zero-order chi connectivity index (χ0) is 17.3. The summed E-state index contributed by atoms with van der Waals surface area (Å²) in [6.07, 6.45) is 0. The predicted molar refractivity (Wildman–Crippen MR) is 81.5 cm³/mol. The molecule has 2 atom stereocenters. The molecule has 22 heavy (non-hydrogen) atoms. The highest BCUT2D eigenvalue weighted by molar-refractivity contribution is 5.96. The van der Waals surface area contributed by atoms with Gasteiger partial charge in [0.15, 0.2) is 0 Å². The van der Waals surface area contributed by atoms with E-state index in [4.69, 9.17) is 15.9 Å². The van der Waals surface area contributed by atoms with E-state index >= 15 is 0 Å². The topological polar surface area (TPSA) is 130 Å². The maximum absolute atomic E-state index is 11.4. The summed E-state index contributed by atoms with van der Waals surface area (Å²) >= 11 is 0. The number of carboxylic acid groups (broad SMARTS) is 2. The fourth-order valence-electron chi connectivity index (χ4n) is 1.22. The Labute approximate surface area is 129 Å². The first-order valence-corrected chi connectivity index (χ1v) is 6.74. The van der Waals surface area contributed by atoms with E-state index in [9.17, 15) is 14.4 Å². The molecule has 0 fully saturated rings. The van der Waals surface area contributed by atoms with Crippen LogP contribution < -0.4 is 11.1 Å². The number of nitrogens with two attached hydrogens (primary N) is 1. The second-order valence-electron chi connectivity index (χ2n) is 5.01. The summed E-state index contributed by atoms with van der Waals surface area (Å²) < 4.78 is 0. The van der Waals surface area contributed by atoms with Crippen LogP contribution in [0.3, 0.4) is 0 Å². The van der Waals surface area contributed by atoms with Crippen LogP contribution in [-0.4, -0.2) is 40.1 Å². The fourth-order valence-corrected chi connectivity index (χ4v) is 1.22. The van der Waals surface area contributed by atoms with E-state index in [0.717, 1.165) is 0 Å². The number of rotatable bonds is 5. The Hall–Kier alpha value is -2.41. The monoisotopic (exact) mass is 310 g/mol. The third-order valence-electron chi connectivity index (χ3n) is 2.76. The molecule has 0 saturated heterocycles. The highest BCUT2D eigenvalue weighted by atomic mass is 16.4. The molecule has 122 valence electrons. The molecule has 0 aliphatic heterocycles. The number of benzene rings is 1. The molecule has 0 aliphatic rings. The van der Waals surface area contributed by atoms with Gasteiger partial charge in [0.1, 0.15) is 12.1 Å². The van der Waals surface area contributed by atoms with Crippen molar-refractivity contribution in [1.82, 2.24) is 5.32 Å². The highest BCUT2D eigenvalue weighted by Crippen LogP contribution is 1.98. The van der Waals surface area contributed by atoms with Gasteiger partial charge in [-0.25, -0.2) is 0 Å². The molecule has 1 aromatic carbocycles. The molecule has 1 aromatic rings. The van der Waals surface area contributed by atoms with Crippen LogP contribution >= 0.6 is 0 Å². The number of aliphatic carboxylic acids is 2. The number of nitrogens with one attached hydrogen (secondary N) is 1. The molecule has 7 heteroatoms. The van der Waals surface area contributed by atoms with Gasteiger partial charge >= 0.3 is 11.9 Å². The van der Waals surface area contributed by atoms with Crippen LogP contribution in [-0.2, 0) is 9.59 Å². The number of hydrogen-bond donors (Lipinski definition) is 4. The van der Waals surface area contributed by atoms with Crippen molar-refractivity contribution in [2.75, 3.05) is 0 Å². The van der Waals surface area contributed by atoms with Gasteiger partial charge < -0.3 is 21.3 Å². The zero-order valence-electron chi connectivity index (χ0n) is 12.8. The van der Waals surface area contributed by atoms with Crippen LogP contribution in [0.1, 0.15) is 31.1 Å². The average molecular weight is 310 g/mol. The van der Waals surface area contributed by atoms with Gasteiger partial charge in [0.2, 0.25) is 0 Å². The van der Waals surface area contributed by atoms with Crippen LogP contribution in [0.4, 0.5) is 0 Å². The molecule has 0 radical (unpaired) electrons. The Bertz CT molecular complexity index is 502. The number of carbonyl (C=O) groups is 3. The number of carbonyl (C=O) groups excluding carboxylic acids is 1. The number of carboxylic acids is 2. The summed E-state index contributed by atoms with van der Waals surface area (Å²) in [7, 11) is 0. The second kappa shape index (κ2) is 9.51. The largest absolute Gasteiger partial charge is 0.480 e. The third-order valence-corrected chi connectivity index (χ3v) is 2.76. The molecule has 0 unspecified atom stereocenters. The molecule has 0 spiro atoms. The summed E-state index contributed by atoms with van der Waals surface area (Å²) in [5.74, 6) is -2.33. The first-order valence-electron chi connectivity index (χ1n) is 6.74. The lowest BCUT2D eigenvalue weighted by Gasteiger charge is -2.08. The van der Waals surface area contributed by atoms with Gasteiger partial charge in [-0.15, -0.1) is 0 Å². The minimum absolute atomic E-state index is 0.0208. The molecule has 7 nitrogen and oxygen atoms in total. The van der Waals surface area contributed by atoms with Crippen molar-refractivity contribution >= 4 is 17.8 Å². The minimum atomic E-state index is -1.05. The quantitative estimate of drug-likeness (QED) is 0.640. The summed E-state index contributed by atoms with van der Waals surface area (Å²) in [6.45, 7) is 4.97. The van der Waals surface area contributed by atoms with Crippen molar-refractivity contribution in [1.29, 1.82) is 0 Å². The number of amides is 1. The maximum atomic E-state index is 11.4. The summed E-state index contributed by atoms with van der Waals surface area (Å²) in [6, 6.07) is 6.91. The Morgan fingerprint density at radius 3 is 1.82 bits per heavy atom. The van der Waals surface area contributed by atoms with E-state index in [-0.39, 0.29) is 11.8 Å². The van der Waals surface area contributed by atoms with Crippen LogP contribution in [0.25, 0.3) is 0 Å². The lowest BCUT2D eigenvalue weighted by Crippen LogP contribution is -2.38. The Balaban J connectivity index is 0.000000472. The average Bonchev–Trinajstić information content (AvgIpc) is 2.47. The van der Waals surface area contributed by atoms with E-state index in [1.807, 2.05) is 0 Å². The molecule has 0 bridgehead atoms. The van der Waals surface area contributed by atoms with Gasteiger partial charge in [0, 0.05) is 5.56 Å². The molecular weight excluding hydrogens is 288 g/mol. The molecule has 1 amide bonds. The van der Waals surface area contributed by atoms with Crippen molar-refractivity contribution in [3.05, 3.63) is 35.9 Å². The van der Waals surface area contributed by atoms with Crippen LogP contribution in [0.5, 0.6) is 0 Å². The van der Waals surface area contributed by atoms with Crippen molar-refractivity contribution in [3.8, 4) is 0 Å². The maximum Gasteiger partial charge on any atom is 0.325 e. The zero-order valence-corrected chi connectivity index (χ0v) is 12.8. The first-order chi connectivity index (χ1) is 10.2. The summed E-state index contributed by atoms with van der Waals surface area (Å²) in [4.78, 5) is 31.9. The van der Waals surface area contributed by atoms with Crippen molar-refractivity contribution < 1.29 is 24.6 Å². The fraction of sp³-hybridized carbons (Fsp3) is 0.400. The van der Waals surface area contributed by atoms with Gasteiger partial charge in [-0.2, -0.15) is 0 Å². The van der Waals surface area contributed by atoms with E-state index in [1.54, 1.807) is 44.2 Å². The molecular formula is C15H22N2O5. The van der Waals surface area contributed by atoms with Crippen molar-refractivity contribution in [3.63, 3.8) is 0 Å². The van der Waals surface area contributed by atoms with E-state index in [2.05, 4.69) is 5.32 Å². The van der Waals surface area contributed by atoms with Gasteiger partial charge in [0.25, 0.3) is 5.91 Å². The molecule has 0 heterocycles. The Kier molecular flexibility index (Phi) is 8.47. The second-order valence-corrected chi connectivity index (χ2v) is 5.01. The van der Waals surface area contributed by atoms with Gasteiger partial charge in [-0.05, 0) is 25.0 Å². The van der Waals surface area contributed by atoms with Crippen LogP contribution in [0.15, 0.2) is 30.3 Å². The van der Waals surface area contributed by atoms with Gasteiger partial charge in [-0.3, -0.25) is 14.4 Å². The predicted octanol–water partition coefficient (Wildman–Crippen LogP) is 0.944. The standard InChI is InChI=1S/C10H11NO3.C5H11NO2/c1-7(10(13)14)11-9(12)8-5-3-2-4-6-8;1-3(2)4(6)5(7)8/h2-7H,1H3,(H,11,12)(H,13,14);3-4H,6H2,1-2H3,(H,7,8)/t7-;4-/m00/s1. The summed E-state index contributed by atoms with van der Waals surface area (Å²) in [5.41, 5.74) is 5.62. The third kappa shape index (κ3) is 7.39. The van der Waals surface area contributed by atoms with E-state index in [1.165, 1.54) is 6.92 Å². The van der Waals surface area contributed by atoms with Crippen molar-refractivity contribution in [2.45, 2.75) is 32.9 Å². The van der Waals surface area contributed by atoms with Gasteiger partial charge in [-0.1, -0.05) is 32.0 Å². The molecule has 0 saturated carbocycles. The van der Waals surface area contributed by atoms with Gasteiger partial charge in [0.05, 0.1) is 0 Å². The number of hydrogen-bond acceptors (Lipinski definition) is 4. The lowest BCUT2D eigenvalue weighted by molar-refractivity contribution is -0.140. The summed E-state index contributed by atoms with van der Waals surface area (Å²) in [5, 5.41) is 19.1. The first kappa shape index (κ1) is 19.6. The Morgan fingerprint density at radius 2 is 1.50 bits per heavy atom. The SMILES string of the molecule is CC(C)[C@H](N)C(=O)O.C[C@H](NC(=O)c1ccccc1)C(=O)O. The van der Waals surface area contributed by atoms with Crippen molar-refractivity contribution in [2.24, 2.45) is 11.7 Å². The lowest BCUT2D eigenvalue weighted by atomic mass is 10.1. The van der Waals surface area contributed by atoms with E-state index in [0.29, 0.717) is 5.56 Å². The molecule has 0 aromatic heterocycles. The minimum Gasteiger partial charge on any atom is -0.480 e. The molecule has 5 N–H and O–H groups in total. The molecule has 1 rings (SSSR count). The van der Waals surface area contributed by atoms with Crippen LogP contribution in [0, 0.1) is 5.92 Å². The Morgan fingerprint density at radius 1 is 1.00 bits per heavy atom.